The minimum absolute atomic E-state index is 0.0756. The molecule has 0 radical (unpaired) electrons. The minimum Gasteiger partial charge on any atom is -0.496 e. The number of hydrogen-bond acceptors (Lipinski definition) is 3. The van der Waals surface area contributed by atoms with Crippen molar-refractivity contribution in [2.45, 2.75) is 62.8 Å². The molecule has 3 atom stereocenters. The number of hydrogen-bond donors (Lipinski definition) is 2. The number of aliphatic hydroxyl groups excluding tert-OH is 1. The average Bonchev–Trinajstić information content (AvgIpc) is 3.14. The number of halogens is 1. The first-order chi connectivity index (χ1) is 14.0. The molecule has 2 aliphatic rings. The van der Waals surface area contributed by atoms with Crippen molar-refractivity contribution in [3.05, 3.63) is 64.5 Å². The van der Waals surface area contributed by atoms with Gasteiger partial charge in [-0.3, -0.25) is 0 Å². The van der Waals surface area contributed by atoms with Crippen molar-refractivity contribution >= 4 is 0 Å². The van der Waals surface area contributed by atoms with Crippen LogP contribution in [0.15, 0.2) is 36.4 Å². The van der Waals surface area contributed by atoms with E-state index >= 15 is 0 Å². The second-order valence-electron chi connectivity index (χ2n) is 9.09. The lowest BCUT2D eigenvalue weighted by molar-refractivity contribution is 0.198. The molecule has 0 aromatic heterocycles. The summed E-state index contributed by atoms with van der Waals surface area (Å²) < 4.78 is 19.0. The van der Waals surface area contributed by atoms with Crippen molar-refractivity contribution in [1.29, 1.82) is 0 Å². The summed E-state index contributed by atoms with van der Waals surface area (Å²) in [6.45, 7) is 0.0756. The van der Waals surface area contributed by atoms with E-state index in [0.29, 0.717) is 11.8 Å². The van der Waals surface area contributed by atoms with Crippen LogP contribution in [0.1, 0.15) is 60.3 Å². The zero-order valence-corrected chi connectivity index (χ0v) is 17.3. The molecule has 0 spiro atoms. The van der Waals surface area contributed by atoms with Crippen LogP contribution in [0.25, 0.3) is 0 Å². The number of benzene rings is 2. The van der Waals surface area contributed by atoms with Crippen molar-refractivity contribution in [3.63, 3.8) is 0 Å². The van der Waals surface area contributed by atoms with Gasteiger partial charge >= 0.3 is 0 Å². The van der Waals surface area contributed by atoms with E-state index in [2.05, 4.69) is 18.2 Å². The second-order valence-corrected chi connectivity index (χ2v) is 9.09. The summed E-state index contributed by atoms with van der Waals surface area (Å²) >= 11 is 0. The van der Waals surface area contributed by atoms with Crippen molar-refractivity contribution < 1.29 is 14.2 Å². The third-order valence-electron chi connectivity index (χ3n) is 7.06. The van der Waals surface area contributed by atoms with Crippen LogP contribution in [0.4, 0.5) is 4.39 Å². The highest BCUT2D eigenvalue weighted by Gasteiger charge is 2.36. The second kappa shape index (κ2) is 8.45. The first-order valence-corrected chi connectivity index (χ1v) is 10.8. The Morgan fingerprint density at radius 2 is 2.03 bits per heavy atom. The Morgan fingerprint density at radius 3 is 2.79 bits per heavy atom. The van der Waals surface area contributed by atoms with E-state index in [1.165, 1.54) is 29.2 Å². The molecule has 3 nitrogen and oxygen atoms in total. The standard InChI is InChI=1S/C25H32FNO2/c1-29-24-9-8-23(26)14-21(24)5-3-17-2-4-19-13-20(7-6-18(19)12-17)22-10-11-25(27,15-22)16-28/h6-9,13-14,17,22,28H,2-5,10-12,15-16,27H2,1H3/t17?,22-,25+/m0/s1. The Kier molecular flexibility index (Phi) is 5.93. The number of rotatable bonds is 6. The van der Waals surface area contributed by atoms with Gasteiger partial charge in [0.15, 0.2) is 0 Å². The molecule has 0 saturated heterocycles. The van der Waals surface area contributed by atoms with Crippen molar-refractivity contribution in [3.8, 4) is 5.75 Å². The fourth-order valence-electron chi connectivity index (χ4n) is 5.24. The van der Waals surface area contributed by atoms with Crippen LogP contribution >= 0.6 is 0 Å². The summed E-state index contributed by atoms with van der Waals surface area (Å²) in [4.78, 5) is 0. The van der Waals surface area contributed by atoms with Gasteiger partial charge in [-0.2, -0.15) is 0 Å². The topological polar surface area (TPSA) is 55.5 Å². The molecule has 0 aliphatic heterocycles. The predicted molar refractivity (Wildman–Crippen MR) is 114 cm³/mol. The molecule has 1 unspecified atom stereocenters. The number of aliphatic hydroxyl groups is 1. The molecular formula is C25H32FNO2. The highest BCUT2D eigenvalue weighted by atomic mass is 19.1. The molecule has 29 heavy (non-hydrogen) atoms. The number of fused-ring (bicyclic) bond motifs is 1. The largest absolute Gasteiger partial charge is 0.496 e. The fraction of sp³-hybridized carbons (Fsp3) is 0.520. The van der Waals surface area contributed by atoms with Crippen LogP contribution in [-0.4, -0.2) is 24.4 Å². The smallest absolute Gasteiger partial charge is 0.123 e. The van der Waals surface area contributed by atoms with Gasteiger partial charge < -0.3 is 15.6 Å². The van der Waals surface area contributed by atoms with Gasteiger partial charge in [0.2, 0.25) is 0 Å². The molecule has 2 aliphatic carbocycles. The average molecular weight is 398 g/mol. The molecule has 0 bridgehead atoms. The molecule has 4 heteroatoms. The lowest BCUT2D eigenvalue weighted by Gasteiger charge is -2.26. The quantitative estimate of drug-likeness (QED) is 0.753. The molecule has 0 heterocycles. The molecule has 1 fully saturated rings. The van der Waals surface area contributed by atoms with Gasteiger partial charge in [-0.05, 0) is 104 Å². The molecule has 3 N–H and O–H groups in total. The molecule has 1 saturated carbocycles. The first-order valence-electron chi connectivity index (χ1n) is 10.8. The van der Waals surface area contributed by atoms with Gasteiger partial charge in [0.25, 0.3) is 0 Å². The summed E-state index contributed by atoms with van der Waals surface area (Å²) in [6.07, 6.45) is 8.11. The molecular weight excluding hydrogens is 365 g/mol. The Hall–Kier alpha value is -1.91. The van der Waals surface area contributed by atoms with Crippen LogP contribution in [0, 0.1) is 11.7 Å². The predicted octanol–water partition coefficient (Wildman–Crippen LogP) is 4.53. The Labute approximate surface area is 173 Å². The Morgan fingerprint density at radius 1 is 1.17 bits per heavy atom. The highest BCUT2D eigenvalue weighted by Crippen LogP contribution is 2.41. The number of aryl methyl sites for hydroxylation is 2. The summed E-state index contributed by atoms with van der Waals surface area (Å²) in [6, 6.07) is 11.7. The summed E-state index contributed by atoms with van der Waals surface area (Å²) in [5, 5.41) is 9.54. The van der Waals surface area contributed by atoms with Crippen LogP contribution in [0.5, 0.6) is 5.75 Å². The van der Waals surface area contributed by atoms with Crippen LogP contribution in [-0.2, 0) is 19.3 Å². The van der Waals surface area contributed by atoms with E-state index in [0.717, 1.165) is 56.3 Å². The molecule has 2 aromatic carbocycles. The van der Waals surface area contributed by atoms with E-state index in [4.69, 9.17) is 10.5 Å². The van der Waals surface area contributed by atoms with Crippen LogP contribution in [0.3, 0.4) is 0 Å². The minimum atomic E-state index is -0.399. The first kappa shape index (κ1) is 20.4. The zero-order valence-electron chi connectivity index (χ0n) is 17.3. The third kappa shape index (κ3) is 4.49. The summed E-state index contributed by atoms with van der Waals surface area (Å²) in [5.74, 6) is 1.68. The lowest BCUT2D eigenvalue weighted by Crippen LogP contribution is -2.40. The van der Waals surface area contributed by atoms with Gasteiger partial charge in [0.1, 0.15) is 11.6 Å². The summed E-state index contributed by atoms with van der Waals surface area (Å²) in [5.41, 5.74) is 11.1. The van der Waals surface area contributed by atoms with Crippen molar-refractivity contribution in [1.82, 2.24) is 0 Å². The molecule has 0 amide bonds. The van der Waals surface area contributed by atoms with Gasteiger partial charge in [-0.15, -0.1) is 0 Å². The highest BCUT2D eigenvalue weighted by molar-refractivity contribution is 5.37. The summed E-state index contributed by atoms with van der Waals surface area (Å²) in [7, 11) is 1.64. The maximum atomic E-state index is 13.6. The Balaban J connectivity index is 1.39. The Bertz CT molecular complexity index is 868. The number of nitrogens with two attached hydrogens (primary N) is 1. The van der Waals surface area contributed by atoms with Crippen LogP contribution in [0.2, 0.25) is 0 Å². The molecule has 2 aromatic rings. The zero-order chi connectivity index (χ0) is 20.4. The SMILES string of the molecule is COc1ccc(F)cc1CCC1CCc2cc([C@H]3CC[C@](N)(CO)C3)ccc2C1. The van der Waals surface area contributed by atoms with Gasteiger partial charge in [0, 0.05) is 5.54 Å². The van der Waals surface area contributed by atoms with E-state index in [1.807, 2.05) is 0 Å². The van der Waals surface area contributed by atoms with E-state index in [-0.39, 0.29) is 12.4 Å². The van der Waals surface area contributed by atoms with Gasteiger partial charge in [-0.25, -0.2) is 4.39 Å². The maximum absolute atomic E-state index is 13.6. The molecule has 4 rings (SSSR count). The van der Waals surface area contributed by atoms with Gasteiger partial charge in [0.05, 0.1) is 13.7 Å². The molecule has 156 valence electrons. The van der Waals surface area contributed by atoms with Gasteiger partial charge in [-0.1, -0.05) is 18.2 Å². The van der Waals surface area contributed by atoms with E-state index < -0.39 is 5.54 Å². The van der Waals surface area contributed by atoms with Crippen molar-refractivity contribution in [2.24, 2.45) is 11.7 Å². The maximum Gasteiger partial charge on any atom is 0.123 e. The normalized spacial score (nSPS) is 26.3. The monoisotopic (exact) mass is 397 g/mol. The van der Waals surface area contributed by atoms with E-state index in [1.54, 1.807) is 19.2 Å². The van der Waals surface area contributed by atoms with E-state index in [9.17, 15) is 9.50 Å². The number of methoxy groups -OCH3 is 1. The van der Waals surface area contributed by atoms with Crippen molar-refractivity contribution in [2.75, 3.05) is 13.7 Å². The third-order valence-corrected chi connectivity index (χ3v) is 7.06. The number of ether oxygens (including phenoxy) is 1. The lowest BCUT2D eigenvalue weighted by atomic mass is 9.79. The van der Waals surface area contributed by atoms with Crippen LogP contribution < -0.4 is 10.5 Å². The fourth-order valence-corrected chi connectivity index (χ4v) is 5.24.